The Kier molecular flexibility index (Phi) is 3.34. The summed E-state index contributed by atoms with van der Waals surface area (Å²) < 4.78 is 13.2. The van der Waals surface area contributed by atoms with Crippen molar-refractivity contribution < 1.29 is 4.39 Å². The Hall–Kier alpha value is -0.600. The molecule has 0 aliphatic heterocycles. The van der Waals surface area contributed by atoms with Gasteiger partial charge in [0.2, 0.25) is 0 Å². The molecule has 1 aromatic rings. The summed E-state index contributed by atoms with van der Waals surface area (Å²) in [6.45, 7) is 4.18. The maximum absolute atomic E-state index is 13.2. The molecule has 0 unspecified atom stereocenters. The van der Waals surface area contributed by atoms with E-state index in [1.807, 2.05) is 6.07 Å². The van der Waals surface area contributed by atoms with Crippen molar-refractivity contribution in [1.29, 1.82) is 0 Å². The molecule has 0 amide bonds. The summed E-state index contributed by atoms with van der Waals surface area (Å²) in [5, 5.41) is 4.12. The van der Waals surface area contributed by atoms with Crippen LogP contribution >= 0.6 is 11.6 Å². The van der Waals surface area contributed by atoms with Crippen molar-refractivity contribution in [2.24, 2.45) is 5.41 Å². The minimum absolute atomic E-state index is 0.135. The van der Waals surface area contributed by atoms with Gasteiger partial charge in [-0.05, 0) is 61.8 Å². The third-order valence-corrected chi connectivity index (χ3v) is 5.09. The summed E-state index contributed by atoms with van der Waals surface area (Å²) in [6, 6.07) is 4.89. The van der Waals surface area contributed by atoms with Gasteiger partial charge in [0, 0.05) is 17.0 Å². The first-order valence-electron chi connectivity index (χ1n) is 7.26. The molecule has 0 heterocycles. The molecule has 0 bridgehead atoms. The molecule has 3 heteroatoms. The third kappa shape index (κ3) is 2.41. The summed E-state index contributed by atoms with van der Waals surface area (Å²) in [6.07, 6.45) is 6.28. The molecule has 104 valence electrons. The normalized spacial score (nSPS) is 22.3. The number of hydrogen-bond donors (Lipinski definition) is 1. The molecule has 1 spiro atoms. The quantitative estimate of drug-likeness (QED) is 0.794. The van der Waals surface area contributed by atoms with Crippen molar-refractivity contribution in [2.45, 2.75) is 44.4 Å². The van der Waals surface area contributed by atoms with Gasteiger partial charge in [-0.3, -0.25) is 0 Å². The molecule has 0 atom stereocenters. The van der Waals surface area contributed by atoms with Gasteiger partial charge in [-0.25, -0.2) is 4.39 Å². The molecule has 2 fully saturated rings. The lowest BCUT2D eigenvalue weighted by Crippen LogP contribution is -2.50. The topological polar surface area (TPSA) is 12.0 Å². The van der Waals surface area contributed by atoms with Gasteiger partial charge in [0.25, 0.3) is 0 Å². The zero-order chi connectivity index (χ0) is 13.5. The van der Waals surface area contributed by atoms with Crippen LogP contribution in [0.3, 0.4) is 0 Å². The molecule has 1 aromatic carbocycles. The zero-order valence-corrected chi connectivity index (χ0v) is 12.2. The van der Waals surface area contributed by atoms with Gasteiger partial charge in [0.15, 0.2) is 0 Å². The first-order chi connectivity index (χ1) is 9.09. The van der Waals surface area contributed by atoms with Crippen LogP contribution in [-0.2, 0) is 5.41 Å². The van der Waals surface area contributed by atoms with Gasteiger partial charge in [-0.15, -0.1) is 0 Å². The van der Waals surface area contributed by atoms with E-state index in [0.717, 1.165) is 25.1 Å². The van der Waals surface area contributed by atoms with Crippen molar-refractivity contribution in [1.82, 2.24) is 5.32 Å². The van der Waals surface area contributed by atoms with Crippen LogP contribution in [0.15, 0.2) is 18.2 Å². The summed E-state index contributed by atoms with van der Waals surface area (Å²) >= 11 is 6.29. The Bertz CT molecular complexity index is 474. The van der Waals surface area contributed by atoms with Crippen LogP contribution < -0.4 is 5.32 Å². The lowest BCUT2D eigenvalue weighted by Gasteiger charge is -2.50. The smallest absolute Gasteiger partial charge is 0.124 e. The predicted molar refractivity (Wildman–Crippen MR) is 77.1 cm³/mol. The Labute approximate surface area is 119 Å². The van der Waals surface area contributed by atoms with Crippen LogP contribution in [0.4, 0.5) is 4.39 Å². The number of rotatable bonds is 5. The molecular formula is C16H21ClFN. The van der Waals surface area contributed by atoms with Gasteiger partial charge in [-0.2, -0.15) is 0 Å². The molecule has 1 nitrogen and oxygen atoms in total. The summed E-state index contributed by atoms with van der Waals surface area (Å²) in [5.41, 5.74) is 1.87. The summed E-state index contributed by atoms with van der Waals surface area (Å²) in [5.74, 6) is -0.245. The first-order valence-corrected chi connectivity index (χ1v) is 7.63. The molecule has 0 radical (unpaired) electrons. The van der Waals surface area contributed by atoms with Crippen LogP contribution in [-0.4, -0.2) is 13.1 Å². The molecule has 2 saturated carbocycles. The van der Waals surface area contributed by atoms with Crippen molar-refractivity contribution in [2.75, 3.05) is 13.1 Å². The SMILES string of the molecule is CCCNCC1(c2ccc(F)cc2Cl)CC2(CC2)C1. The monoisotopic (exact) mass is 281 g/mol. The van der Waals surface area contributed by atoms with E-state index in [1.165, 1.54) is 31.7 Å². The second-order valence-corrected chi connectivity index (χ2v) is 6.84. The van der Waals surface area contributed by atoms with E-state index in [1.54, 1.807) is 6.07 Å². The Morgan fingerprint density at radius 2 is 2.05 bits per heavy atom. The molecule has 1 N–H and O–H groups in total. The molecular weight excluding hydrogens is 261 g/mol. The van der Waals surface area contributed by atoms with E-state index < -0.39 is 0 Å². The second kappa shape index (κ2) is 4.75. The van der Waals surface area contributed by atoms with Crippen molar-refractivity contribution in [3.63, 3.8) is 0 Å². The van der Waals surface area contributed by atoms with E-state index in [-0.39, 0.29) is 11.2 Å². The van der Waals surface area contributed by atoms with Gasteiger partial charge < -0.3 is 5.32 Å². The average Bonchev–Trinajstić information content (AvgIpc) is 3.08. The fourth-order valence-electron chi connectivity index (χ4n) is 3.75. The van der Waals surface area contributed by atoms with Gasteiger partial charge in [-0.1, -0.05) is 24.6 Å². The van der Waals surface area contributed by atoms with Crippen LogP contribution in [0, 0.1) is 11.2 Å². The Morgan fingerprint density at radius 3 is 2.63 bits per heavy atom. The largest absolute Gasteiger partial charge is 0.316 e. The number of hydrogen-bond acceptors (Lipinski definition) is 1. The van der Waals surface area contributed by atoms with Crippen molar-refractivity contribution >= 4 is 11.6 Å². The highest BCUT2D eigenvalue weighted by atomic mass is 35.5. The first kappa shape index (κ1) is 13.4. The third-order valence-electron chi connectivity index (χ3n) is 4.78. The maximum Gasteiger partial charge on any atom is 0.124 e. The fourth-order valence-corrected chi connectivity index (χ4v) is 4.12. The van der Waals surface area contributed by atoms with Gasteiger partial charge in [0.1, 0.15) is 5.82 Å². The van der Waals surface area contributed by atoms with Crippen LogP contribution in [0.2, 0.25) is 5.02 Å². The number of benzene rings is 1. The zero-order valence-electron chi connectivity index (χ0n) is 11.4. The summed E-state index contributed by atoms with van der Waals surface area (Å²) in [7, 11) is 0. The molecule has 2 aliphatic rings. The van der Waals surface area contributed by atoms with Crippen LogP contribution in [0.1, 0.15) is 44.6 Å². The molecule has 0 saturated heterocycles. The Morgan fingerprint density at radius 1 is 1.32 bits per heavy atom. The number of halogens is 2. The predicted octanol–water partition coefficient (Wildman–Crippen LogP) is 4.29. The summed E-state index contributed by atoms with van der Waals surface area (Å²) in [4.78, 5) is 0. The van der Waals surface area contributed by atoms with Crippen LogP contribution in [0.5, 0.6) is 0 Å². The minimum Gasteiger partial charge on any atom is -0.316 e. The van der Waals surface area contributed by atoms with Gasteiger partial charge in [0.05, 0.1) is 0 Å². The Balaban J connectivity index is 1.82. The van der Waals surface area contributed by atoms with E-state index in [9.17, 15) is 4.39 Å². The van der Waals surface area contributed by atoms with E-state index in [0.29, 0.717) is 10.4 Å². The maximum atomic E-state index is 13.2. The van der Waals surface area contributed by atoms with Crippen molar-refractivity contribution in [3.05, 3.63) is 34.6 Å². The molecule has 3 rings (SSSR count). The highest BCUT2D eigenvalue weighted by Gasteiger charge is 2.61. The number of nitrogens with one attached hydrogen (secondary N) is 1. The molecule has 0 aromatic heterocycles. The van der Waals surface area contributed by atoms with E-state index in [4.69, 9.17) is 11.6 Å². The lowest BCUT2D eigenvalue weighted by molar-refractivity contribution is 0.116. The highest BCUT2D eigenvalue weighted by molar-refractivity contribution is 6.31. The highest BCUT2D eigenvalue weighted by Crippen LogP contribution is 2.69. The fraction of sp³-hybridized carbons (Fsp3) is 0.625. The lowest BCUT2D eigenvalue weighted by atomic mass is 9.56. The molecule has 19 heavy (non-hydrogen) atoms. The standard InChI is InChI=1S/C16H21ClFN/c1-2-7-19-11-16(9-15(10-16)5-6-15)13-4-3-12(18)8-14(13)17/h3-4,8,19H,2,5-7,9-11H2,1H3. The van der Waals surface area contributed by atoms with E-state index >= 15 is 0 Å². The second-order valence-electron chi connectivity index (χ2n) is 6.43. The van der Waals surface area contributed by atoms with Gasteiger partial charge >= 0.3 is 0 Å². The van der Waals surface area contributed by atoms with Crippen LogP contribution in [0.25, 0.3) is 0 Å². The van der Waals surface area contributed by atoms with E-state index in [2.05, 4.69) is 12.2 Å². The van der Waals surface area contributed by atoms with Crippen molar-refractivity contribution in [3.8, 4) is 0 Å². The minimum atomic E-state index is -0.245. The average molecular weight is 282 g/mol. The molecule has 2 aliphatic carbocycles.